The normalized spacial score (nSPS) is 23.3. The molecule has 188 valence electrons. The highest BCUT2D eigenvalue weighted by Gasteiger charge is 2.44. The van der Waals surface area contributed by atoms with Crippen LogP contribution in [0.1, 0.15) is 49.4 Å². The van der Waals surface area contributed by atoms with Crippen molar-refractivity contribution < 1.29 is 22.7 Å². The monoisotopic (exact) mass is 541 g/mol. The number of hydrogen-bond acceptors (Lipinski definition) is 5. The third-order valence-corrected chi connectivity index (χ3v) is 9.59. The zero-order chi connectivity index (χ0) is 25.1. The number of likely N-dealkylation sites (tertiary alicyclic amines) is 1. The standard InChI is InChI=1S/C24H26Cl2FN3O4S/c1-24(7-2-8-24)28-35(33,34)17-10-20(26)22(31)21(11-17)30-15-4-5-16(30)13-29(12-15)23(32)18-6-3-14(27)9-19(18)25/h3,6,9-11,15-16,28,31H,2,4-5,7-8,12-13H2,1H3/t15-,16+. The van der Waals surface area contributed by atoms with Crippen molar-refractivity contribution in [2.45, 2.75) is 61.5 Å². The van der Waals surface area contributed by atoms with Crippen LogP contribution < -0.4 is 9.62 Å². The number of amides is 1. The van der Waals surface area contributed by atoms with Crippen molar-refractivity contribution in [3.8, 4) is 5.75 Å². The summed E-state index contributed by atoms with van der Waals surface area (Å²) < 4.78 is 42.4. The van der Waals surface area contributed by atoms with E-state index in [2.05, 4.69) is 4.72 Å². The molecule has 1 amide bonds. The van der Waals surface area contributed by atoms with Gasteiger partial charge in [0.2, 0.25) is 10.0 Å². The Kier molecular flexibility index (Phi) is 6.19. The number of nitrogens with zero attached hydrogens (tertiary/aromatic N) is 2. The Bertz CT molecular complexity index is 1290. The number of hydrogen-bond donors (Lipinski definition) is 2. The summed E-state index contributed by atoms with van der Waals surface area (Å²) in [6.07, 6.45) is 4.02. The number of aromatic hydroxyl groups is 1. The van der Waals surface area contributed by atoms with Gasteiger partial charge in [-0.25, -0.2) is 17.5 Å². The Balaban J connectivity index is 1.42. The number of fused-ring (bicyclic) bond motifs is 2. The van der Waals surface area contributed by atoms with Crippen molar-refractivity contribution in [1.82, 2.24) is 9.62 Å². The summed E-state index contributed by atoms with van der Waals surface area (Å²) in [5, 5.41) is 10.8. The first kappa shape index (κ1) is 24.6. The van der Waals surface area contributed by atoms with Crippen LogP contribution in [-0.4, -0.2) is 55.0 Å². The van der Waals surface area contributed by atoms with E-state index in [9.17, 15) is 22.7 Å². The predicted molar refractivity (Wildman–Crippen MR) is 132 cm³/mol. The molecule has 0 spiro atoms. The summed E-state index contributed by atoms with van der Waals surface area (Å²) in [5.74, 6) is -0.985. The van der Waals surface area contributed by atoms with E-state index >= 15 is 0 Å². The second-order valence-corrected chi connectivity index (χ2v) is 12.4. The average Bonchev–Trinajstić information content (AvgIpc) is 3.02. The highest BCUT2D eigenvalue weighted by Crippen LogP contribution is 2.44. The van der Waals surface area contributed by atoms with Gasteiger partial charge in [-0.15, -0.1) is 0 Å². The Labute approximate surface area is 213 Å². The minimum absolute atomic E-state index is 0.000532. The van der Waals surface area contributed by atoms with Gasteiger partial charge in [0.15, 0.2) is 5.75 Å². The summed E-state index contributed by atoms with van der Waals surface area (Å²) in [6.45, 7) is 2.58. The first-order valence-electron chi connectivity index (χ1n) is 11.6. The molecular formula is C24H26Cl2FN3O4S. The summed E-state index contributed by atoms with van der Waals surface area (Å²) in [6, 6.07) is 6.14. The predicted octanol–water partition coefficient (Wildman–Crippen LogP) is 4.55. The molecule has 3 fully saturated rings. The number of rotatable bonds is 5. The Morgan fingerprint density at radius 2 is 1.77 bits per heavy atom. The Morgan fingerprint density at radius 1 is 1.11 bits per heavy atom. The molecule has 2 aliphatic heterocycles. The molecule has 2 aromatic rings. The van der Waals surface area contributed by atoms with E-state index in [4.69, 9.17) is 23.2 Å². The van der Waals surface area contributed by atoms with Gasteiger partial charge in [-0.1, -0.05) is 23.2 Å². The SMILES string of the molecule is CC1(NS(=O)(=O)c2cc(Cl)c(O)c(N3[C@@H]4CC[C@H]3CN(C(=O)c3ccc(F)cc3Cl)C4)c2)CCC1. The minimum Gasteiger partial charge on any atom is -0.504 e. The molecule has 3 aliphatic rings. The van der Waals surface area contributed by atoms with Crippen LogP contribution in [0.4, 0.5) is 10.1 Å². The molecule has 2 bridgehead atoms. The fourth-order valence-electron chi connectivity index (χ4n) is 5.40. The van der Waals surface area contributed by atoms with Crippen molar-refractivity contribution >= 4 is 44.8 Å². The molecule has 2 heterocycles. The fourth-order valence-corrected chi connectivity index (χ4v) is 7.44. The number of phenolic OH excluding ortho intramolecular Hbond substituents is 1. The van der Waals surface area contributed by atoms with Gasteiger partial charge < -0.3 is 14.9 Å². The summed E-state index contributed by atoms with van der Waals surface area (Å²) in [7, 11) is -3.84. The molecule has 2 N–H and O–H groups in total. The average molecular weight is 542 g/mol. The number of anilines is 1. The van der Waals surface area contributed by atoms with E-state index in [0.29, 0.717) is 18.8 Å². The van der Waals surface area contributed by atoms with Gasteiger partial charge in [0.05, 0.1) is 26.2 Å². The van der Waals surface area contributed by atoms with Gasteiger partial charge in [-0.3, -0.25) is 4.79 Å². The van der Waals surface area contributed by atoms with Crippen LogP contribution in [0.3, 0.4) is 0 Å². The number of nitrogens with one attached hydrogen (secondary N) is 1. The zero-order valence-corrected chi connectivity index (χ0v) is 21.4. The summed E-state index contributed by atoms with van der Waals surface area (Å²) >= 11 is 12.4. The molecular weight excluding hydrogens is 516 g/mol. The van der Waals surface area contributed by atoms with E-state index < -0.39 is 21.4 Å². The maximum atomic E-state index is 13.4. The van der Waals surface area contributed by atoms with Crippen LogP contribution in [0.25, 0.3) is 0 Å². The molecule has 0 unspecified atom stereocenters. The van der Waals surface area contributed by atoms with Crippen LogP contribution in [-0.2, 0) is 10.0 Å². The van der Waals surface area contributed by atoms with Crippen molar-refractivity contribution in [2.24, 2.45) is 0 Å². The smallest absolute Gasteiger partial charge is 0.255 e. The second-order valence-electron chi connectivity index (χ2n) is 9.92. The molecule has 2 saturated heterocycles. The number of carbonyl (C=O) groups excluding carboxylic acids is 1. The molecule has 0 aromatic heterocycles. The van der Waals surface area contributed by atoms with Crippen molar-refractivity contribution in [3.05, 3.63) is 51.8 Å². The first-order valence-corrected chi connectivity index (χ1v) is 13.8. The highest BCUT2D eigenvalue weighted by molar-refractivity contribution is 7.89. The van der Waals surface area contributed by atoms with Crippen LogP contribution in [0, 0.1) is 5.82 Å². The van der Waals surface area contributed by atoms with Gasteiger partial charge >= 0.3 is 0 Å². The number of carbonyl (C=O) groups is 1. The lowest BCUT2D eigenvalue weighted by Crippen LogP contribution is -2.55. The Hall–Kier alpha value is -2.07. The zero-order valence-electron chi connectivity index (χ0n) is 19.1. The quantitative estimate of drug-likeness (QED) is 0.579. The third-order valence-electron chi connectivity index (χ3n) is 7.37. The molecule has 7 nitrogen and oxygen atoms in total. The van der Waals surface area contributed by atoms with E-state index in [1.165, 1.54) is 24.3 Å². The fraction of sp³-hybridized carbons (Fsp3) is 0.458. The molecule has 11 heteroatoms. The maximum Gasteiger partial charge on any atom is 0.255 e. The number of phenols is 1. The maximum absolute atomic E-state index is 13.4. The van der Waals surface area contributed by atoms with Gasteiger partial charge in [0.25, 0.3) is 5.91 Å². The molecule has 1 aliphatic carbocycles. The van der Waals surface area contributed by atoms with Crippen LogP contribution in [0.5, 0.6) is 5.75 Å². The van der Waals surface area contributed by atoms with Crippen molar-refractivity contribution in [1.29, 1.82) is 0 Å². The van der Waals surface area contributed by atoms with Crippen molar-refractivity contribution in [2.75, 3.05) is 18.0 Å². The third kappa shape index (κ3) is 4.48. The molecule has 2 atom stereocenters. The first-order chi connectivity index (χ1) is 16.5. The molecule has 2 aromatic carbocycles. The van der Waals surface area contributed by atoms with Gasteiger partial charge in [-0.2, -0.15) is 0 Å². The van der Waals surface area contributed by atoms with Crippen LogP contribution in [0.2, 0.25) is 10.0 Å². The highest BCUT2D eigenvalue weighted by atomic mass is 35.5. The van der Waals surface area contributed by atoms with E-state index in [1.807, 2.05) is 11.8 Å². The van der Waals surface area contributed by atoms with Gasteiger partial charge in [-0.05, 0) is 69.4 Å². The van der Waals surface area contributed by atoms with Gasteiger partial charge in [0.1, 0.15) is 5.82 Å². The Morgan fingerprint density at radius 3 is 2.34 bits per heavy atom. The summed E-state index contributed by atoms with van der Waals surface area (Å²) in [4.78, 5) is 16.8. The summed E-state index contributed by atoms with van der Waals surface area (Å²) in [5.41, 5.74) is 0.0993. The number of benzene rings is 2. The lowest BCUT2D eigenvalue weighted by molar-refractivity contribution is 0.0718. The second kappa shape index (κ2) is 8.80. The van der Waals surface area contributed by atoms with E-state index in [-0.39, 0.29) is 44.2 Å². The largest absolute Gasteiger partial charge is 0.504 e. The molecule has 35 heavy (non-hydrogen) atoms. The van der Waals surface area contributed by atoms with Crippen LogP contribution in [0.15, 0.2) is 35.2 Å². The van der Waals surface area contributed by atoms with Crippen LogP contribution >= 0.6 is 23.2 Å². The number of halogens is 3. The molecule has 0 radical (unpaired) electrons. The number of piperazine rings is 1. The lowest BCUT2D eigenvalue weighted by atomic mass is 9.80. The number of sulfonamides is 1. The van der Waals surface area contributed by atoms with Crippen molar-refractivity contribution in [3.63, 3.8) is 0 Å². The van der Waals surface area contributed by atoms with Gasteiger partial charge in [0, 0.05) is 30.7 Å². The topological polar surface area (TPSA) is 89.9 Å². The lowest BCUT2D eigenvalue weighted by Gasteiger charge is -2.43. The minimum atomic E-state index is -3.84. The molecule has 5 rings (SSSR count). The molecule has 1 saturated carbocycles. The van der Waals surface area contributed by atoms with E-state index in [1.54, 1.807) is 4.90 Å². The van der Waals surface area contributed by atoms with E-state index in [0.717, 1.165) is 38.2 Å².